The minimum Gasteiger partial charge on any atom is -0.542 e. The lowest BCUT2D eigenvalue weighted by Gasteiger charge is -2.20. The summed E-state index contributed by atoms with van der Waals surface area (Å²) >= 11 is 0. The van der Waals surface area contributed by atoms with Gasteiger partial charge in [-0.3, -0.25) is 0 Å². The summed E-state index contributed by atoms with van der Waals surface area (Å²) in [5.41, 5.74) is 0. The Kier molecular flexibility index (Phi) is 3.05. The highest BCUT2D eigenvalue weighted by molar-refractivity contribution is 6.70. The van der Waals surface area contributed by atoms with Crippen LogP contribution < -0.4 is 9.16 Å². The Morgan fingerprint density at radius 2 is 1.79 bits per heavy atom. The Labute approximate surface area is 85.4 Å². The molecule has 0 fully saturated rings. The quantitative estimate of drug-likeness (QED) is 0.783. The number of rotatable bonds is 3. The molecule has 4 heteroatoms. The van der Waals surface area contributed by atoms with E-state index in [1.54, 1.807) is 25.3 Å². The maximum atomic E-state index is 9.24. The first-order chi connectivity index (χ1) is 6.42. The molecule has 1 N–H and O–H groups in total. The van der Waals surface area contributed by atoms with Crippen molar-refractivity contribution in [3.63, 3.8) is 0 Å². The fourth-order valence-corrected chi connectivity index (χ4v) is 1.90. The molecule has 0 saturated heterocycles. The van der Waals surface area contributed by atoms with E-state index in [-0.39, 0.29) is 5.75 Å². The summed E-state index contributed by atoms with van der Waals surface area (Å²) in [6.07, 6.45) is 0. The number of phenolic OH excluding ortho intramolecular Hbond substituents is 1. The van der Waals surface area contributed by atoms with Gasteiger partial charge in [0.05, 0.1) is 7.11 Å². The Bertz CT molecular complexity index is 318. The van der Waals surface area contributed by atoms with Crippen molar-refractivity contribution in [1.29, 1.82) is 0 Å². The molecule has 0 aliphatic carbocycles. The van der Waals surface area contributed by atoms with Crippen molar-refractivity contribution in [1.82, 2.24) is 0 Å². The Balaban J connectivity index is 2.97. The van der Waals surface area contributed by atoms with Gasteiger partial charge in [0, 0.05) is 6.07 Å². The molecule has 0 heterocycles. The molecule has 0 spiro atoms. The topological polar surface area (TPSA) is 38.7 Å². The van der Waals surface area contributed by atoms with Gasteiger partial charge in [0.25, 0.3) is 0 Å². The molecule has 0 atom stereocenters. The molecule has 0 saturated carbocycles. The first-order valence-corrected chi connectivity index (χ1v) is 7.89. The van der Waals surface area contributed by atoms with E-state index >= 15 is 0 Å². The Morgan fingerprint density at radius 3 is 2.29 bits per heavy atom. The number of methoxy groups -OCH3 is 1. The van der Waals surface area contributed by atoms with E-state index in [1.807, 2.05) is 0 Å². The molecule has 0 radical (unpaired) electrons. The van der Waals surface area contributed by atoms with Crippen LogP contribution >= 0.6 is 0 Å². The number of hydrogen-bond donors (Lipinski definition) is 1. The van der Waals surface area contributed by atoms with Gasteiger partial charge in [0.2, 0.25) is 8.32 Å². The van der Waals surface area contributed by atoms with Crippen LogP contribution in [0.2, 0.25) is 19.6 Å². The minimum absolute atomic E-state index is 0.185. The lowest BCUT2D eigenvalue weighted by Crippen LogP contribution is -2.29. The lowest BCUT2D eigenvalue weighted by molar-refractivity contribution is 0.386. The molecule has 0 aromatic heterocycles. The molecule has 1 rings (SSSR count). The SMILES string of the molecule is COc1cc(O)ccc1O[Si](C)(C)C. The standard InChI is InChI=1S/C10H16O3Si/c1-12-10-7-8(11)5-6-9(10)13-14(2,3)4/h5-7,11H,1-4H3. The van der Waals surface area contributed by atoms with Gasteiger partial charge in [-0.2, -0.15) is 0 Å². The lowest BCUT2D eigenvalue weighted by atomic mass is 10.3. The summed E-state index contributed by atoms with van der Waals surface area (Å²) in [5, 5.41) is 9.24. The van der Waals surface area contributed by atoms with Crippen LogP contribution in [0.1, 0.15) is 0 Å². The first kappa shape index (κ1) is 10.9. The van der Waals surface area contributed by atoms with Crippen molar-refractivity contribution in [2.75, 3.05) is 7.11 Å². The zero-order valence-corrected chi connectivity index (χ0v) is 10.00. The third kappa shape index (κ3) is 2.96. The maximum absolute atomic E-state index is 9.24. The van der Waals surface area contributed by atoms with E-state index in [2.05, 4.69) is 19.6 Å². The van der Waals surface area contributed by atoms with Crippen molar-refractivity contribution in [3.05, 3.63) is 18.2 Å². The fraction of sp³-hybridized carbons (Fsp3) is 0.400. The van der Waals surface area contributed by atoms with Crippen LogP contribution in [0.25, 0.3) is 0 Å². The molecule has 3 nitrogen and oxygen atoms in total. The summed E-state index contributed by atoms with van der Waals surface area (Å²) in [5.74, 6) is 1.46. The van der Waals surface area contributed by atoms with Crippen LogP contribution in [0, 0.1) is 0 Å². The molecule has 1 aromatic carbocycles. The van der Waals surface area contributed by atoms with E-state index < -0.39 is 8.32 Å². The van der Waals surface area contributed by atoms with Gasteiger partial charge >= 0.3 is 0 Å². The normalized spacial score (nSPS) is 11.1. The summed E-state index contributed by atoms with van der Waals surface area (Å²) in [4.78, 5) is 0. The average Bonchev–Trinajstić information content (AvgIpc) is 2.06. The average molecular weight is 212 g/mol. The number of ether oxygens (including phenoxy) is 1. The molecule has 14 heavy (non-hydrogen) atoms. The van der Waals surface area contributed by atoms with Crippen LogP contribution in [-0.2, 0) is 0 Å². The van der Waals surface area contributed by atoms with Crippen molar-refractivity contribution in [2.24, 2.45) is 0 Å². The summed E-state index contributed by atoms with van der Waals surface area (Å²) in [6, 6.07) is 4.87. The number of phenols is 1. The van der Waals surface area contributed by atoms with Gasteiger partial charge in [-0.15, -0.1) is 0 Å². The summed E-state index contributed by atoms with van der Waals surface area (Å²) < 4.78 is 10.9. The summed E-state index contributed by atoms with van der Waals surface area (Å²) in [6.45, 7) is 6.29. The van der Waals surface area contributed by atoms with E-state index in [0.29, 0.717) is 11.5 Å². The number of benzene rings is 1. The first-order valence-electron chi connectivity index (χ1n) is 4.48. The fourth-order valence-electron chi connectivity index (χ4n) is 1.07. The third-order valence-corrected chi connectivity index (χ3v) is 2.40. The zero-order valence-electron chi connectivity index (χ0n) is 9.00. The Hall–Kier alpha value is -1.16. The van der Waals surface area contributed by atoms with Gasteiger partial charge in [0.15, 0.2) is 5.75 Å². The second kappa shape index (κ2) is 3.92. The smallest absolute Gasteiger partial charge is 0.242 e. The van der Waals surface area contributed by atoms with Crippen LogP contribution in [0.5, 0.6) is 17.2 Å². The molecule has 0 aliphatic heterocycles. The summed E-state index contributed by atoms with van der Waals surface area (Å²) in [7, 11) is -0.0634. The van der Waals surface area contributed by atoms with Crippen LogP contribution in [0.15, 0.2) is 18.2 Å². The van der Waals surface area contributed by atoms with E-state index in [1.165, 1.54) is 0 Å². The number of hydrogen-bond acceptors (Lipinski definition) is 3. The van der Waals surface area contributed by atoms with Gasteiger partial charge in [-0.25, -0.2) is 0 Å². The highest BCUT2D eigenvalue weighted by atomic mass is 28.4. The van der Waals surface area contributed by atoms with Crippen molar-refractivity contribution in [3.8, 4) is 17.2 Å². The molecular weight excluding hydrogens is 196 g/mol. The van der Waals surface area contributed by atoms with Crippen molar-refractivity contribution < 1.29 is 14.3 Å². The third-order valence-electron chi connectivity index (χ3n) is 1.56. The minimum atomic E-state index is -1.62. The van der Waals surface area contributed by atoms with Gasteiger partial charge < -0.3 is 14.3 Å². The largest absolute Gasteiger partial charge is 0.542 e. The molecule has 0 bridgehead atoms. The van der Waals surface area contributed by atoms with Gasteiger partial charge in [-0.1, -0.05) is 0 Å². The van der Waals surface area contributed by atoms with Crippen LogP contribution in [0.3, 0.4) is 0 Å². The predicted molar refractivity (Wildman–Crippen MR) is 58.6 cm³/mol. The van der Waals surface area contributed by atoms with Crippen molar-refractivity contribution in [2.45, 2.75) is 19.6 Å². The second-order valence-corrected chi connectivity index (χ2v) is 8.48. The molecule has 78 valence electrons. The molecule has 1 aromatic rings. The molecule has 0 unspecified atom stereocenters. The maximum Gasteiger partial charge on any atom is 0.242 e. The van der Waals surface area contributed by atoms with Crippen LogP contribution in [-0.4, -0.2) is 20.5 Å². The molecular formula is C10H16O3Si. The zero-order chi connectivity index (χ0) is 10.8. The number of aromatic hydroxyl groups is 1. The predicted octanol–water partition coefficient (Wildman–Crippen LogP) is 2.61. The molecule has 0 amide bonds. The van der Waals surface area contributed by atoms with Crippen molar-refractivity contribution >= 4 is 8.32 Å². The van der Waals surface area contributed by atoms with Gasteiger partial charge in [-0.05, 0) is 31.8 Å². The Morgan fingerprint density at radius 1 is 1.14 bits per heavy atom. The molecule has 0 aliphatic rings. The van der Waals surface area contributed by atoms with Crippen LogP contribution in [0.4, 0.5) is 0 Å². The highest BCUT2D eigenvalue weighted by Gasteiger charge is 2.18. The van der Waals surface area contributed by atoms with E-state index in [4.69, 9.17) is 9.16 Å². The monoisotopic (exact) mass is 212 g/mol. The van der Waals surface area contributed by atoms with E-state index in [0.717, 1.165) is 0 Å². The van der Waals surface area contributed by atoms with E-state index in [9.17, 15) is 5.11 Å². The van der Waals surface area contributed by atoms with Gasteiger partial charge in [0.1, 0.15) is 11.5 Å². The second-order valence-electron chi connectivity index (χ2n) is 4.05. The highest BCUT2D eigenvalue weighted by Crippen LogP contribution is 2.32.